The van der Waals surface area contributed by atoms with Crippen molar-refractivity contribution in [2.24, 2.45) is 17.1 Å². The third kappa shape index (κ3) is 2.69. The van der Waals surface area contributed by atoms with Crippen LogP contribution >= 0.6 is 0 Å². The van der Waals surface area contributed by atoms with E-state index in [0.717, 1.165) is 34.8 Å². The lowest BCUT2D eigenvalue weighted by atomic mass is 9.50. The second-order valence-electron chi connectivity index (χ2n) is 7.27. The summed E-state index contributed by atoms with van der Waals surface area (Å²) in [5, 5.41) is 11.1. The van der Waals surface area contributed by atoms with Crippen molar-refractivity contribution in [2.75, 3.05) is 6.54 Å². The molecule has 5 heteroatoms. The van der Waals surface area contributed by atoms with E-state index in [1.165, 1.54) is 31.9 Å². The smallest absolute Gasteiger partial charge is 0.0922 e. The van der Waals surface area contributed by atoms with E-state index in [2.05, 4.69) is 15.3 Å². The molecule has 2 aliphatic carbocycles. The van der Waals surface area contributed by atoms with Gasteiger partial charge in [0.1, 0.15) is 0 Å². The van der Waals surface area contributed by atoms with Crippen LogP contribution in [-0.4, -0.2) is 28.8 Å². The van der Waals surface area contributed by atoms with Gasteiger partial charge in [-0.25, -0.2) is 4.98 Å². The fraction of sp³-hybridized carbons (Fsp3) is 0.421. The van der Waals surface area contributed by atoms with Gasteiger partial charge >= 0.3 is 0 Å². The molecule has 0 amide bonds. The standard InChI is InChI=1S/C19H23N5/c20-9-13-5-19(6-13)7-15(8-19)22-11-14(10-21)18-12-23-16-3-1-2-4-17(16)24-18/h1-4,10-13,15,21-22H,5-9,20H2/b14-11+,21-10?. The maximum absolute atomic E-state index is 7.69. The average molecular weight is 321 g/mol. The molecule has 0 unspecified atom stereocenters. The maximum atomic E-state index is 7.69. The molecule has 1 aromatic carbocycles. The number of para-hydroxylation sites is 2. The summed E-state index contributed by atoms with van der Waals surface area (Å²) < 4.78 is 0. The Kier molecular flexibility index (Phi) is 3.81. The molecule has 2 aliphatic rings. The predicted octanol–water partition coefficient (Wildman–Crippen LogP) is 2.73. The summed E-state index contributed by atoms with van der Waals surface area (Å²) in [4.78, 5) is 9.04. The van der Waals surface area contributed by atoms with E-state index < -0.39 is 0 Å². The zero-order valence-electron chi connectivity index (χ0n) is 13.7. The van der Waals surface area contributed by atoms with Crippen LogP contribution in [0.25, 0.3) is 16.6 Å². The molecular formula is C19H23N5. The van der Waals surface area contributed by atoms with Crippen molar-refractivity contribution in [3.05, 3.63) is 42.4 Å². The maximum Gasteiger partial charge on any atom is 0.0922 e. The van der Waals surface area contributed by atoms with E-state index in [0.29, 0.717) is 11.5 Å². The third-order valence-corrected chi connectivity index (χ3v) is 5.51. The van der Waals surface area contributed by atoms with Gasteiger partial charge in [0.2, 0.25) is 0 Å². The van der Waals surface area contributed by atoms with Crippen LogP contribution in [0.4, 0.5) is 0 Å². The monoisotopic (exact) mass is 321 g/mol. The molecule has 1 heterocycles. The summed E-state index contributed by atoms with van der Waals surface area (Å²) >= 11 is 0. The molecule has 2 saturated carbocycles. The topological polar surface area (TPSA) is 87.7 Å². The Labute approximate surface area is 141 Å². The van der Waals surface area contributed by atoms with Gasteiger partial charge in [-0.05, 0) is 55.7 Å². The van der Waals surface area contributed by atoms with E-state index in [4.69, 9.17) is 11.1 Å². The minimum absolute atomic E-state index is 0.507. The Morgan fingerprint density at radius 2 is 2.00 bits per heavy atom. The number of allylic oxidation sites excluding steroid dienone is 1. The summed E-state index contributed by atoms with van der Waals surface area (Å²) in [6.45, 7) is 0.832. The van der Waals surface area contributed by atoms with Gasteiger partial charge < -0.3 is 16.5 Å². The van der Waals surface area contributed by atoms with Crippen molar-refractivity contribution in [1.82, 2.24) is 15.3 Å². The summed E-state index contributed by atoms with van der Waals surface area (Å²) in [6, 6.07) is 8.30. The first-order valence-corrected chi connectivity index (χ1v) is 8.60. The van der Waals surface area contributed by atoms with E-state index in [1.54, 1.807) is 6.20 Å². The van der Waals surface area contributed by atoms with Gasteiger partial charge in [0.15, 0.2) is 0 Å². The van der Waals surface area contributed by atoms with Gasteiger partial charge in [-0.2, -0.15) is 0 Å². The van der Waals surface area contributed by atoms with Crippen LogP contribution in [0.5, 0.6) is 0 Å². The van der Waals surface area contributed by atoms with Crippen LogP contribution in [0.3, 0.4) is 0 Å². The lowest BCUT2D eigenvalue weighted by Gasteiger charge is -2.57. The van der Waals surface area contributed by atoms with Gasteiger partial charge in [-0.1, -0.05) is 12.1 Å². The molecule has 2 fully saturated rings. The second kappa shape index (κ2) is 5.98. The normalized spacial score (nSPS) is 29.1. The molecule has 0 atom stereocenters. The van der Waals surface area contributed by atoms with Crippen LogP contribution in [0.15, 0.2) is 36.7 Å². The lowest BCUT2D eigenvalue weighted by molar-refractivity contribution is -0.0420. The SMILES string of the molecule is N=C/C(=C\NC1CC2(CC(CN)C2)C1)c1cnc2ccccc2n1. The molecule has 24 heavy (non-hydrogen) atoms. The molecule has 1 aromatic heterocycles. The van der Waals surface area contributed by atoms with E-state index in [9.17, 15) is 0 Å². The summed E-state index contributed by atoms with van der Waals surface area (Å²) in [7, 11) is 0. The van der Waals surface area contributed by atoms with Crippen LogP contribution in [0.2, 0.25) is 0 Å². The zero-order valence-corrected chi connectivity index (χ0v) is 13.7. The Morgan fingerprint density at radius 1 is 1.25 bits per heavy atom. The minimum atomic E-state index is 0.507. The summed E-state index contributed by atoms with van der Waals surface area (Å²) in [6.07, 6.45) is 10.0. The van der Waals surface area contributed by atoms with E-state index in [-0.39, 0.29) is 0 Å². The third-order valence-electron chi connectivity index (χ3n) is 5.51. The Balaban J connectivity index is 1.42. The molecule has 4 N–H and O–H groups in total. The number of hydrogen-bond donors (Lipinski definition) is 3. The molecule has 124 valence electrons. The van der Waals surface area contributed by atoms with E-state index >= 15 is 0 Å². The quantitative estimate of drug-likeness (QED) is 0.739. The molecule has 1 spiro atoms. The second-order valence-corrected chi connectivity index (χ2v) is 7.27. The fourth-order valence-electron chi connectivity index (χ4n) is 4.26. The molecular weight excluding hydrogens is 298 g/mol. The number of hydrogen-bond acceptors (Lipinski definition) is 5. The van der Waals surface area contributed by atoms with Crippen molar-refractivity contribution in [2.45, 2.75) is 31.7 Å². The number of nitrogens with two attached hydrogens (primary N) is 1. The summed E-state index contributed by atoms with van der Waals surface area (Å²) in [5.74, 6) is 0.742. The molecule has 2 aromatic rings. The van der Waals surface area contributed by atoms with Gasteiger partial charge in [0.05, 0.1) is 22.9 Å². The number of fused-ring (bicyclic) bond motifs is 1. The van der Waals surface area contributed by atoms with Crippen LogP contribution in [-0.2, 0) is 0 Å². The number of rotatable bonds is 5. The Morgan fingerprint density at radius 3 is 2.71 bits per heavy atom. The number of aromatic nitrogens is 2. The molecule has 0 aliphatic heterocycles. The van der Waals surface area contributed by atoms with Crippen molar-refractivity contribution >= 4 is 22.8 Å². The highest BCUT2D eigenvalue weighted by Gasteiger charge is 2.51. The molecule has 4 rings (SSSR count). The highest BCUT2D eigenvalue weighted by atomic mass is 14.9. The average Bonchev–Trinajstić information content (AvgIpc) is 2.55. The van der Waals surface area contributed by atoms with Crippen LogP contribution in [0, 0.1) is 16.7 Å². The zero-order chi connectivity index (χ0) is 16.6. The first kappa shape index (κ1) is 15.3. The van der Waals surface area contributed by atoms with Crippen molar-refractivity contribution < 1.29 is 0 Å². The first-order chi connectivity index (χ1) is 11.7. The van der Waals surface area contributed by atoms with Crippen molar-refractivity contribution in [1.29, 1.82) is 5.41 Å². The Bertz CT molecular complexity index is 783. The molecule has 5 nitrogen and oxygen atoms in total. The fourth-order valence-corrected chi connectivity index (χ4v) is 4.26. The van der Waals surface area contributed by atoms with Gasteiger partial charge in [0, 0.05) is 24.0 Å². The highest BCUT2D eigenvalue weighted by Crippen LogP contribution is 2.58. The van der Waals surface area contributed by atoms with Gasteiger partial charge in [-0.15, -0.1) is 0 Å². The minimum Gasteiger partial charge on any atom is -0.388 e. The lowest BCUT2D eigenvalue weighted by Crippen LogP contribution is -2.55. The largest absolute Gasteiger partial charge is 0.388 e. The van der Waals surface area contributed by atoms with Gasteiger partial charge in [0.25, 0.3) is 0 Å². The van der Waals surface area contributed by atoms with E-state index in [1.807, 2.05) is 30.5 Å². The predicted molar refractivity (Wildman–Crippen MR) is 96.7 cm³/mol. The number of nitrogens with zero attached hydrogens (tertiary/aromatic N) is 2. The van der Waals surface area contributed by atoms with Crippen LogP contribution < -0.4 is 11.1 Å². The molecule has 0 saturated heterocycles. The van der Waals surface area contributed by atoms with Crippen molar-refractivity contribution in [3.8, 4) is 0 Å². The number of benzene rings is 1. The molecule has 0 radical (unpaired) electrons. The summed E-state index contributed by atoms with van der Waals surface area (Å²) in [5.41, 5.74) is 9.51. The van der Waals surface area contributed by atoms with Crippen molar-refractivity contribution in [3.63, 3.8) is 0 Å². The van der Waals surface area contributed by atoms with Crippen LogP contribution in [0.1, 0.15) is 31.4 Å². The van der Waals surface area contributed by atoms with Gasteiger partial charge in [-0.3, -0.25) is 4.98 Å². The highest BCUT2D eigenvalue weighted by molar-refractivity contribution is 6.07. The number of nitrogens with one attached hydrogen (secondary N) is 2. The first-order valence-electron chi connectivity index (χ1n) is 8.60. The Hall–Kier alpha value is -2.27. The molecule has 0 bridgehead atoms.